The Balaban J connectivity index is 1.61. The predicted octanol–water partition coefficient (Wildman–Crippen LogP) is 1.93. The lowest BCUT2D eigenvalue weighted by molar-refractivity contribution is -0.389. The Kier molecular flexibility index (Phi) is 5.12. The number of aromatic nitrogens is 4. The minimum absolute atomic E-state index is 0.0218. The first-order valence-electron chi connectivity index (χ1n) is 9.27. The molecule has 152 valence electrons. The number of rotatable bonds is 6. The van der Waals surface area contributed by atoms with Gasteiger partial charge in [0.25, 0.3) is 0 Å². The molecule has 11 nitrogen and oxygen atoms in total. The second kappa shape index (κ2) is 7.87. The number of hydrogen-bond acceptors (Lipinski definition) is 7. The monoisotopic (exact) mass is 399 g/mol. The second-order valence-electron chi connectivity index (χ2n) is 6.91. The summed E-state index contributed by atoms with van der Waals surface area (Å²) in [6.07, 6.45) is 4.91. The average molecular weight is 399 g/mol. The minimum atomic E-state index is -0.397. The molecule has 0 bridgehead atoms. The maximum atomic E-state index is 11.9. The highest BCUT2D eigenvalue weighted by Crippen LogP contribution is 2.36. The highest BCUT2D eigenvalue weighted by atomic mass is 16.6. The summed E-state index contributed by atoms with van der Waals surface area (Å²) in [5.41, 5.74) is 1.93. The van der Waals surface area contributed by atoms with Gasteiger partial charge in [0.1, 0.15) is 6.61 Å². The van der Waals surface area contributed by atoms with Crippen molar-refractivity contribution in [3.05, 3.63) is 46.4 Å². The fourth-order valence-electron chi connectivity index (χ4n) is 3.78. The van der Waals surface area contributed by atoms with Crippen LogP contribution in [0, 0.1) is 10.1 Å². The molecule has 0 aliphatic carbocycles. The van der Waals surface area contributed by atoms with Crippen LogP contribution in [0.3, 0.4) is 0 Å². The van der Waals surface area contributed by atoms with Gasteiger partial charge >= 0.3 is 5.82 Å². The van der Waals surface area contributed by atoms with Gasteiger partial charge in [0.15, 0.2) is 0 Å². The maximum Gasteiger partial charge on any atom is 0.372 e. The standard InChI is InChI=1S/C18H21N7O4/c1-29-11-15(26)20-13-9-19-22-16(13)12-5-4-7-23(10-12)17-18(25(27)28)24-8-3-2-6-14(24)21-17/h2-3,6,8-9,12H,4-5,7,10-11H2,1H3,(H,19,22)(H,20,26)/t12-/m1/s1. The Morgan fingerprint density at radius 1 is 1.48 bits per heavy atom. The summed E-state index contributed by atoms with van der Waals surface area (Å²) >= 11 is 0. The molecule has 1 amide bonds. The molecule has 4 rings (SSSR count). The zero-order chi connectivity index (χ0) is 20.4. The van der Waals surface area contributed by atoms with E-state index in [-0.39, 0.29) is 24.2 Å². The molecule has 11 heteroatoms. The number of H-pyrrole nitrogens is 1. The number of ether oxygens (including phenoxy) is 1. The summed E-state index contributed by atoms with van der Waals surface area (Å²) in [5.74, 6) is 0.0715. The number of imidazole rings is 1. The van der Waals surface area contributed by atoms with Crippen LogP contribution in [-0.2, 0) is 9.53 Å². The molecule has 0 aromatic carbocycles. The largest absolute Gasteiger partial charge is 0.375 e. The van der Waals surface area contributed by atoms with Crippen molar-refractivity contribution in [1.82, 2.24) is 19.6 Å². The van der Waals surface area contributed by atoms with Gasteiger partial charge in [-0.25, -0.2) is 0 Å². The number of fused-ring (bicyclic) bond motifs is 1. The molecule has 3 aromatic heterocycles. The Labute approximate surface area is 165 Å². The quantitative estimate of drug-likeness (QED) is 0.478. The molecule has 0 radical (unpaired) electrons. The Morgan fingerprint density at radius 2 is 2.34 bits per heavy atom. The number of methoxy groups -OCH3 is 1. The summed E-state index contributed by atoms with van der Waals surface area (Å²) in [5, 5.41) is 21.5. The maximum absolute atomic E-state index is 11.9. The first kappa shape index (κ1) is 18.9. The average Bonchev–Trinajstić information content (AvgIpc) is 3.32. The van der Waals surface area contributed by atoms with Gasteiger partial charge in [-0.3, -0.25) is 9.89 Å². The van der Waals surface area contributed by atoms with Gasteiger partial charge in [0.05, 0.1) is 23.8 Å². The number of pyridine rings is 1. The van der Waals surface area contributed by atoms with Crippen LogP contribution < -0.4 is 10.2 Å². The first-order valence-corrected chi connectivity index (χ1v) is 9.27. The molecule has 0 spiro atoms. The van der Waals surface area contributed by atoms with E-state index in [0.29, 0.717) is 30.2 Å². The van der Waals surface area contributed by atoms with Crippen molar-refractivity contribution in [2.24, 2.45) is 0 Å². The van der Waals surface area contributed by atoms with Crippen LogP contribution >= 0.6 is 0 Å². The molecule has 2 N–H and O–H groups in total. The normalized spacial score (nSPS) is 16.9. The van der Waals surface area contributed by atoms with Gasteiger partial charge < -0.3 is 25.1 Å². The molecule has 0 unspecified atom stereocenters. The molecule has 4 heterocycles. The molecule has 0 saturated carbocycles. The number of hydrogen-bond donors (Lipinski definition) is 2. The lowest BCUT2D eigenvalue weighted by Gasteiger charge is -2.32. The van der Waals surface area contributed by atoms with E-state index in [1.165, 1.54) is 11.5 Å². The van der Waals surface area contributed by atoms with Crippen LogP contribution in [0.15, 0.2) is 30.6 Å². The zero-order valence-corrected chi connectivity index (χ0v) is 15.9. The van der Waals surface area contributed by atoms with Crippen LogP contribution in [0.4, 0.5) is 17.3 Å². The summed E-state index contributed by atoms with van der Waals surface area (Å²) in [7, 11) is 1.45. The van der Waals surface area contributed by atoms with Gasteiger partial charge in [0.2, 0.25) is 17.4 Å². The molecule has 1 fully saturated rings. The number of piperidine rings is 1. The van der Waals surface area contributed by atoms with E-state index in [0.717, 1.165) is 18.5 Å². The van der Waals surface area contributed by atoms with Crippen molar-refractivity contribution in [3.63, 3.8) is 0 Å². The molecule has 1 aliphatic rings. The van der Waals surface area contributed by atoms with Gasteiger partial charge in [-0.2, -0.15) is 14.5 Å². The third kappa shape index (κ3) is 3.63. The third-order valence-electron chi connectivity index (χ3n) is 5.01. The Bertz CT molecular complexity index is 1040. The van der Waals surface area contributed by atoms with E-state index >= 15 is 0 Å². The first-order chi connectivity index (χ1) is 14.1. The highest BCUT2D eigenvalue weighted by molar-refractivity contribution is 5.92. The SMILES string of the molecule is COCC(=O)Nc1cn[nH]c1[C@@H]1CCCN(c2nc3ccccn3c2[N+](=O)[O-])C1. The lowest BCUT2D eigenvalue weighted by Crippen LogP contribution is -2.35. The van der Waals surface area contributed by atoms with Gasteiger partial charge in [0, 0.05) is 32.2 Å². The van der Waals surface area contributed by atoms with E-state index < -0.39 is 4.92 Å². The zero-order valence-electron chi connectivity index (χ0n) is 15.9. The number of amides is 1. The molecule has 1 atom stereocenters. The summed E-state index contributed by atoms with van der Waals surface area (Å²) in [6.45, 7) is 1.15. The molecule has 29 heavy (non-hydrogen) atoms. The topological polar surface area (TPSA) is 131 Å². The summed E-state index contributed by atoms with van der Waals surface area (Å²) in [6, 6.07) is 5.29. The number of anilines is 2. The molecule has 3 aromatic rings. The number of carbonyl (C=O) groups excluding carboxylic acids is 1. The van der Waals surface area contributed by atoms with Crippen molar-refractivity contribution in [2.75, 3.05) is 37.0 Å². The fourth-order valence-corrected chi connectivity index (χ4v) is 3.78. The van der Waals surface area contributed by atoms with Crippen molar-refractivity contribution < 1.29 is 14.5 Å². The van der Waals surface area contributed by atoms with E-state index in [4.69, 9.17) is 4.74 Å². The van der Waals surface area contributed by atoms with E-state index in [9.17, 15) is 14.9 Å². The number of nitrogens with one attached hydrogen (secondary N) is 2. The lowest BCUT2D eigenvalue weighted by atomic mass is 9.94. The van der Waals surface area contributed by atoms with Crippen molar-refractivity contribution >= 4 is 28.9 Å². The number of aromatic amines is 1. The highest BCUT2D eigenvalue weighted by Gasteiger charge is 2.32. The molecular formula is C18H21N7O4. The van der Waals surface area contributed by atoms with E-state index in [2.05, 4.69) is 20.5 Å². The van der Waals surface area contributed by atoms with Crippen LogP contribution in [0.25, 0.3) is 5.65 Å². The smallest absolute Gasteiger partial charge is 0.372 e. The predicted molar refractivity (Wildman–Crippen MR) is 105 cm³/mol. The number of nitro groups is 1. The number of carbonyl (C=O) groups is 1. The molecular weight excluding hydrogens is 378 g/mol. The second-order valence-corrected chi connectivity index (χ2v) is 6.91. The minimum Gasteiger partial charge on any atom is -0.375 e. The molecule has 1 saturated heterocycles. The van der Waals surface area contributed by atoms with Crippen LogP contribution in [0.5, 0.6) is 0 Å². The Hall–Kier alpha value is -3.47. The third-order valence-corrected chi connectivity index (χ3v) is 5.01. The van der Waals surface area contributed by atoms with Crippen molar-refractivity contribution in [1.29, 1.82) is 0 Å². The summed E-state index contributed by atoms with van der Waals surface area (Å²) < 4.78 is 6.34. The van der Waals surface area contributed by atoms with Crippen molar-refractivity contribution in [3.8, 4) is 0 Å². The van der Waals surface area contributed by atoms with E-state index in [1.54, 1.807) is 30.6 Å². The van der Waals surface area contributed by atoms with Crippen molar-refractivity contribution in [2.45, 2.75) is 18.8 Å². The van der Waals surface area contributed by atoms with E-state index in [1.807, 2.05) is 4.90 Å². The van der Waals surface area contributed by atoms with Crippen LogP contribution in [-0.4, -0.2) is 57.2 Å². The van der Waals surface area contributed by atoms with Gasteiger partial charge in [-0.05, 0) is 23.8 Å². The number of nitrogens with zero attached hydrogens (tertiary/aromatic N) is 5. The fraction of sp³-hybridized carbons (Fsp3) is 0.389. The van der Waals surface area contributed by atoms with Gasteiger partial charge in [-0.15, -0.1) is 0 Å². The van der Waals surface area contributed by atoms with Gasteiger partial charge in [-0.1, -0.05) is 6.07 Å². The van der Waals surface area contributed by atoms with Crippen LogP contribution in [0.1, 0.15) is 24.5 Å². The van der Waals surface area contributed by atoms with Crippen LogP contribution in [0.2, 0.25) is 0 Å². The molecule has 1 aliphatic heterocycles. The Morgan fingerprint density at radius 3 is 3.14 bits per heavy atom. The summed E-state index contributed by atoms with van der Waals surface area (Å²) in [4.78, 5) is 29.6.